The fourth-order valence-corrected chi connectivity index (χ4v) is 13.3. The fraction of sp³-hybridized carbons (Fsp3) is 0.500. The Hall–Kier alpha value is -7.26. The highest BCUT2D eigenvalue weighted by Gasteiger charge is 2.59. The van der Waals surface area contributed by atoms with Crippen molar-refractivity contribution in [1.82, 2.24) is 10.6 Å². The number of hydrogen-bond acceptors (Lipinski definition) is 14. The Bertz CT molecular complexity index is 2940. The summed E-state index contributed by atoms with van der Waals surface area (Å²) in [6.45, 7) is 26.8. The highest BCUT2D eigenvalue weighted by atomic mass is 16.7. The maximum absolute atomic E-state index is 12.8. The van der Waals surface area contributed by atoms with E-state index in [9.17, 15) is 25.2 Å². The lowest BCUT2D eigenvalue weighted by Crippen LogP contribution is -2.63. The summed E-state index contributed by atoms with van der Waals surface area (Å²) >= 11 is 0. The van der Waals surface area contributed by atoms with Crippen LogP contribution in [0.15, 0.2) is 60.7 Å². The van der Waals surface area contributed by atoms with Crippen LogP contribution >= 0.6 is 0 Å². The van der Waals surface area contributed by atoms with Gasteiger partial charge in [-0.2, -0.15) is 28.7 Å². The van der Waals surface area contributed by atoms with Crippen molar-refractivity contribution in [3.05, 3.63) is 87.8 Å². The zero-order valence-corrected chi connectivity index (χ0v) is 45.0. The molecule has 5 atom stereocenters. The number of nitrogens with zero attached hydrogens (tertiary/aromatic N) is 3. The summed E-state index contributed by atoms with van der Waals surface area (Å²) in [5.74, 6) is 3.05. The molecule has 7 aliphatic rings. The zero-order chi connectivity index (χ0) is 55.3. The summed E-state index contributed by atoms with van der Waals surface area (Å²) in [4.78, 5) is 55.8. The number of nitrogens with one attached hydrogen (secondary N) is 2. The Morgan fingerprint density at radius 2 is 1.20 bits per heavy atom. The van der Waals surface area contributed by atoms with Crippen LogP contribution < -0.4 is 34.6 Å². The highest BCUT2D eigenvalue weighted by Crippen LogP contribution is 2.59. The third-order valence-electron chi connectivity index (χ3n) is 15.2. The summed E-state index contributed by atoms with van der Waals surface area (Å²) in [6, 6.07) is 15.1. The molecule has 3 aliphatic carbocycles. The molecule has 74 heavy (non-hydrogen) atoms. The summed E-state index contributed by atoms with van der Waals surface area (Å²) in [5.41, 5.74) is 7.27. The van der Waals surface area contributed by atoms with Gasteiger partial charge in [-0.1, -0.05) is 46.8 Å². The predicted molar refractivity (Wildman–Crippen MR) is 274 cm³/mol. The van der Waals surface area contributed by atoms with Crippen LogP contribution in [-0.4, -0.2) is 88.4 Å². The lowest BCUT2D eigenvalue weighted by molar-refractivity contribution is -0.361. The van der Waals surface area contributed by atoms with E-state index in [2.05, 4.69) is 72.1 Å². The van der Waals surface area contributed by atoms with Crippen molar-refractivity contribution in [2.24, 2.45) is 27.6 Å². The normalized spacial score (nSPS) is 25.5. The minimum Gasteiger partial charge on any atom is -0.618 e. The number of hydroxylamine groups is 1. The summed E-state index contributed by atoms with van der Waals surface area (Å²) in [6.07, 6.45) is 7.18. The van der Waals surface area contributed by atoms with Crippen molar-refractivity contribution in [3.63, 3.8) is 0 Å². The molecule has 4 heterocycles. The Morgan fingerprint density at radius 3 is 1.76 bits per heavy atom. The van der Waals surface area contributed by atoms with Gasteiger partial charge in [0.1, 0.15) is 11.5 Å². The SMILES string of the molecule is CC1(C)C=C2C(=[N+]([O-])c3cc4c(cc32)OCO4)C(C)(C)C1.COc1ccc2c(c1)N(O)C1C2C(C)[C@@](C)(NC(C)=O)CC1(C)C.COc1ccc2c(c1)[N+]([O-])=C1C2=C[C@@](C)(NC(C)=O)CC1(C)C.O=C=O.O=C=O. The molecule has 10 rings (SSSR count). The van der Waals surface area contributed by atoms with Gasteiger partial charge in [0, 0.05) is 31.4 Å². The number of amides is 2. The second kappa shape index (κ2) is 20.2. The molecule has 1 saturated carbocycles. The topological polar surface area (TPSA) is 239 Å². The maximum atomic E-state index is 12.8. The Balaban J connectivity index is 0.000000171. The van der Waals surface area contributed by atoms with E-state index in [-0.39, 0.29) is 76.0 Å². The summed E-state index contributed by atoms with van der Waals surface area (Å²) in [5, 5.41) is 44.2. The average Bonchev–Trinajstić information content (AvgIpc) is 4.01. The molecule has 4 aliphatic heterocycles. The van der Waals surface area contributed by atoms with Gasteiger partial charge in [0.2, 0.25) is 41.4 Å². The molecule has 3 N–H and O–H groups in total. The second-order valence-electron chi connectivity index (χ2n) is 23.2. The molecule has 0 radical (unpaired) electrons. The molecule has 3 aromatic rings. The van der Waals surface area contributed by atoms with Crippen LogP contribution in [0, 0.1) is 38.0 Å². The van der Waals surface area contributed by atoms with Gasteiger partial charge in [-0.25, -0.2) is 0 Å². The van der Waals surface area contributed by atoms with Gasteiger partial charge < -0.3 is 40.0 Å². The standard InChI is InChI=1S/C19H28N2O3.C18H22N2O3.C17H19NO3.2CO2/c1-11-16-14-8-7-13(24-6)9-15(14)21(23)17(16)18(3,4)10-19(11,5)20-12(2)22;1-11(21)19-18(4)9-14-13-7-6-12(23-5)8-15(13)20(22)16(14)17(2,3)10-18;1-16(2)7-11-10-5-13-14(21-9-20-13)6-12(10)18(19)15(11)17(3,4)8-16;2*2-1-3/h7-9,11,16-17,23H,10H2,1-6H3,(H,20,22);6-9H,10H2,1-5H3,(H,19,21);5-7H,8-9H2,1-4H3;;/t11?,16?,17?,19-;18-;;;/m01.../s1. The maximum Gasteiger partial charge on any atom is 0.373 e. The molecule has 2 amide bonds. The first kappa shape index (κ1) is 56.0. The van der Waals surface area contributed by atoms with E-state index < -0.39 is 5.54 Å². The molecule has 3 aromatic carbocycles. The van der Waals surface area contributed by atoms with Gasteiger partial charge in [0.15, 0.2) is 11.5 Å². The Morgan fingerprint density at radius 1 is 0.703 bits per heavy atom. The van der Waals surface area contributed by atoms with E-state index in [0.29, 0.717) is 29.3 Å². The molecular formula is C56H69N5O13. The van der Waals surface area contributed by atoms with Crippen molar-refractivity contribution in [1.29, 1.82) is 0 Å². The molecule has 3 unspecified atom stereocenters. The molecule has 0 aromatic heterocycles. The Kier molecular flexibility index (Phi) is 15.3. The number of carbonyl (C=O) groups excluding carboxylic acids is 6. The first-order valence-electron chi connectivity index (χ1n) is 24.4. The van der Waals surface area contributed by atoms with Gasteiger partial charge in [-0.3, -0.25) is 19.9 Å². The lowest BCUT2D eigenvalue weighted by Gasteiger charge is -2.54. The molecule has 396 valence electrons. The molecule has 18 nitrogen and oxygen atoms in total. The quantitative estimate of drug-likeness (QED) is 0.163. The van der Waals surface area contributed by atoms with E-state index >= 15 is 0 Å². The number of allylic oxidation sites excluding steroid dienone is 3. The fourth-order valence-electron chi connectivity index (χ4n) is 13.3. The van der Waals surface area contributed by atoms with E-state index in [4.69, 9.17) is 38.1 Å². The van der Waals surface area contributed by atoms with E-state index in [0.717, 1.165) is 78.8 Å². The number of hydrogen-bond donors (Lipinski definition) is 3. The molecule has 0 bridgehead atoms. The van der Waals surface area contributed by atoms with Gasteiger partial charge in [-0.05, 0) is 113 Å². The monoisotopic (exact) mass is 1020 g/mol. The minimum atomic E-state index is -0.476. The van der Waals surface area contributed by atoms with Crippen molar-refractivity contribution in [2.75, 3.05) is 26.1 Å². The number of benzene rings is 3. The van der Waals surface area contributed by atoms with E-state index in [1.54, 1.807) is 33.3 Å². The number of methoxy groups -OCH3 is 2. The number of fused-ring (bicyclic) bond motifs is 10. The van der Waals surface area contributed by atoms with Crippen LogP contribution in [-0.2, 0) is 28.8 Å². The molecule has 0 spiro atoms. The highest BCUT2D eigenvalue weighted by molar-refractivity contribution is 6.29. The van der Waals surface area contributed by atoms with Crippen molar-refractivity contribution < 1.29 is 62.4 Å². The largest absolute Gasteiger partial charge is 0.618 e. The van der Waals surface area contributed by atoms with Gasteiger partial charge in [0.25, 0.3) is 0 Å². The van der Waals surface area contributed by atoms with E-state index in [1.807, 2.05) is 63.2 Å². The first-order chi connectivity index (χ1) is 34.4. The van der Waals surface area contributed by atoms with Crippen molar-refractivity contribution >= 4 is 63.7 Å². The third kappa shape index (κ3) is 10.4. The van der Waals surface area contributed by atoms with Gasteiger partial charge in [-0.15, -0.1) is 0 Å². The Labute approximate surface area is 432 Å². The average molecular weight is 1020 g/mol. The lowest BCUT2D eigenvalue weighted by atomic mass is 9.56. The smallest absolute Gasteiger partial charge is 0.373 e. The van der Waals surface area contributed by atoms with Crippen LogP contribution in [0.4, 0.5) is 17.1 Å². The first-order valence-corrected chi connectivity index (χ1v) is 24.4. The van der Waals surface area contributed by atoms with Gasteiger partial charge in [0.05, 0.1) is 76.7 Å². The van der Waals surface area contributed by atoms with Crippen LogP contribution in [0.5, 0.6) is 23.0 Å². The number of ether oxygens (including phenoxy) is 4. The summed E-state index contributed by atoms with van der Waals surface area (Å²) < 4.78 is 23.5. The molecule has 18 heteroatoms. The second-order valence-corrected chi connectivity index (χ2v) is 23.2. The van der Waals surface area contributed by atoms with Crippen LogP contribution in [0.1, 0.15) is 132 Å². The predicted octanol–water partition coefficient (Wildman–Crippen LogP) is 9.00. The number of carbonyl (C=O) groups is 2. The summed E-state index contributed by atoms with van der Waals surface area (Å²) in [7, 11) is 3.22. The number of anilines is 1. The number of rotatable bonds is 4. The molecule has 1 fully saturated rings. The van der Waals surface area contributed by atoms with E-state index in [1.165, 1.54) is 12.0 Å². The third-order valence-corrected chi connectivity index (χ3v) is 15.2. The molecule has 0 saturated heterocycles. The van der Waals surface area contributed by atoms with Crippen molar-refractivity contribution in [2.45, 2.75) is 132 Å². The zero-order valence-electron chi connectivity index (χ0n) is 45.0. The van der Waals surface area contributed by atoms with Crippen LogP contribution in [0.2, 0.25) is 0 Å². The van der Waals surface area contributed by atoms with Crippen LogP contribution in [0.25, 0.3) is 11.1 Å². The van der Waals surface area contributed by atoms with Crippen molar-refractivity contribution in [3.8, 4) is 23.0 Å². The van der Waals surface area contributed by atoms with Crippen LogP contribution in [0.3, 0.4) is 0 Å². The molecular weight excluding hydrogens is 951 g/mol. The minimum absolute atomic E-state index is 0.00703. The van der Waals surface area contributed by atoms with Gasteiger partial charge >= 0.3 is 12.3 Å².